The van der Waals surface area contributed by atoms with Gasteiger partial charge in [-0.05, 0) is 37.3 Å². The Kier molecular flexibility index (Phi) is 4.61. The molecule has 2 aromatic rings. The van der Waals surface area contributed by atoms with Crippen molar-refractivity contribution in [3.8, 4) is 0 Å². The van der Waals surface area contributed by atoms with Crippen LogP contribution in [0.1, 0.15) is 23.0 Å². The summed E-state index contributed by atoms with van der Waals surface area (Å²) in [6.07, 6.45) is 1.49. The molecule has 2 aliphatic heterocycles. The van der Waals surface area contributed by atoms with Crippen LogP contribution < -0.4 is 11.1 Å². The first kappa shape index (κ1) is 17.9. The molecule has 0 radical (unpaired) electrons. The average Bonchev–Trinajstić information content (AvgIpc) is 3.00. The Balaban J connectivity index is 1.70. The average molecular weight is 386 g/mol. The van der Waals surface area contributed by atoms with E-state index >= 15 is 0 Å². The second-order valence-corrected chi connectivity index (χ2v) is 7.71. The number of aliphatic imine (C=N–C) groups is 1. The summed E-state index contributed by atoms with van der Waals surface area (Å²) in [5.74, 6) is -0.0380. The minimum absolute atomic E-state index is 0.00559. The van der Waals surface area contributed by atoms with Crippen molar-refractivity contribution in [3.05, 3.63) is 59.7 Å². The molecular weight excluding hydrogens is 367 g/mol. The van der Waals surface area contributed by atoms with E-state index in [1.165, 1.54) is 23.9 Å². The van der Waals surface area contributed by atoms with Crippen molar-refractivity contribution in [1.82, 2.24) is 4.98 Å². The van der Waals surface area contributed by atoms with Crippen molar-refractivity contribution in [1.29, 1.82) is 0 Å². The van der Waals surface area contributed by atoms with Crippen LogP contribution in [0.3, 0.4) is 0 Å². The first-order valence-electron chi connectivity index (χ1n) is 8.62. The molecule has 1 aromatic heterocycles. The molecule has 1 amide bonds. The van der Waals surface area contributed by atoms with E-state index in [0.717, 1.165) is 0 Å². The minimum atomic E-state index is -0.870. The van der Waals surface area contributed by atoms with Gasteiger partial charge in [-0.25, -0.2) is 9.38 Å². The second-order valence-electron chi connectivity index (χ2n) is 6.67. The number of carbonyl (C=O) groups is 1. The highest BCUT2D eigenvalue weighted by Crippen LogP contribution is 2.48. The molecule has 1 fully saturated rings. The third kappa shape index (κ3) is 3.19. The maximum Gasteiger partial charge on any atom is 0.274 e. The zero-order chi connectivity index (χ0) is 19.0. The Bertz CT molecular complexity index is 908. The van der Waals surface area contributed by atoms with Gasteiger partial charge in [0.1, 0.15) is 17.1 Å². The van der Waals surface area contributed by atoms with Crippen molar-refractivity contribution < 1.29 is 13.9 Å². The van der Waals surface area contributed by atoms with E-state index in [2.05, 4.69) is 15.3 Å². The number of carbonyl (C=O) groups excluding carboxylic acids is 1. The maximum absolute atomic E-state index is 14.8. The van der Waals surface area contributed by atoms with Crippen LogP contribution in [0.4, 0.5) is 10.1 Å². The fourth-order valence-electron chi connectivity index (χ4n) is 3.63. The van der Waals surface area contributed by atoms with Crippen LogP contribution in [-0.4, -0.2) is 34.5 Å². The lowest BCUT2D eigenvalue weighted by Crippen LogP contribution is -2.41. The van der Waals surface area contributed by atoms with Gasteiger partial charge < -0.3 is 15.8 Å². The summed E-state index contributed by atoms with van der Waals surface area (Å²) in [7, 11) is 0. The number of ether oxygens (including phenoxy) is 1. The number of benzene rings is 1. The third-order valence-corrected chi connectivity index (χ3v) is 5.97. The molecule has 140 valence electrons. The van der Waals surface area contributed by atoms with Crippen LogP contribution in [0.2, 0.25) is 0 Å². The van der Waals surface area contributed by atoms with Crippen molar-refractivity contribution in [2.24, 2.45) is 16.6 Å². The van der Waals surface area contributed by atoms with Crippen LogP contribution in [0.15, 0.2) is 47.6 Å². The number of hydrogen-bond donors (Lipinski definition) is 2. The number of nitrogens with zero attached hydrogens (tertiary/aromatic N) is 2. The van der Waals surface area contributed by atoms with Gasteiger partial charge in [0.25, 0.3) is 5.91 Å². The Morgan fingerprint density at radius 1 is 1.41 bits per heavy atom. The quantitative estimate of drug-likeness (QED) is 0.847. The third-order valence-electron chi connectivity index (χ3n) is 5.05. The van der Waals surface area contributed by atoms with E-state index in [1.807, 2.05) is 6.92 Å². The number of amidine groups is 1. The predicted octanol–water partition coefficient (Wildman–Crippen LogP) is 2.76. The molecule has 0 bridgehead atoms. The number of aromatic nitrogens is 1. The topological polar surface area (TPSA) is 89.6 Å². The fraction of sp³-hybridized carbons (Fsp3) is 0.316. The van der Waals surface area contributed by atoms with Crippen molar-refractivity contribution in [3.63, 3.8) is 0 Å². The summed E-state index contributed by atoms with van der Waals surface area (Å²) in [6, 6.07) is 9.56. The lowest BCUT2D eigenvalue weighted by molar-refractivity contribution is 0.102. The number of halogens is 1. The Morgan fingerprint density at radius 3 is 3.04 bits per heavy atom. The molecule has 2 aliphatic rings. The lowest BCUT2D eigenvalue weighted by atomic mass is 9.79. The Hall–Kier alpha value is -2.45. The summed E-state index contributed by atoms with van der Waals surface area (Å²) < 4.78 is 20.6. The summed E-state index contributed by atoms with van der Waals surface area (Å²) in [5, 5.41) is 3.19. The van der Waals surface area contributed by atoms with Gasteiger partial charge in [-0.3, -0.25) is 9.78 Å². The molecule has 3 unspecified atom stereocenters. The number of nitrogens with one attached hydrogen (secondary N) is 1. The monoisotopic (exact) mass is 386 g/mol. The molecule has 4 rings (SSSR count). The lowest BCUT2D eigenvalue weighted by Gasteiger charge is -2.35. The van der Waals surface area contributed by atoms with Crippen LogP contribution in [0.5, 0.6) is 0 Å². The summed E-state index contributed by atoms with van der Waals surface area (Å²) in [5.41, 5.74) is 6.24. The molecule has 0 spiro atoms. The number of nitrogens with two attached hydrogens (primary N) is 1. The molecule has 0 aliphatic carbocycles. The van der Waals surface area contributed by atoms with Crippen molar-refractivity contribution in [2.45, 2.75) is 18.6 Å². The minimum Gasteiger partial charge on any atom is -0.379 e. The van der Waals surface area contributed by atoms with E-state index in [9.17, 15) is 9.18 Å². The van der Waals surface area contributed by atoms with Gasteiger partial charge in [-0.2, -0.15) is 0 Å². The van der Waals surface area contributed by atoms with Crippen LogP contribution in [0, 0.1) is 11.7 Å². The van der Waals surface area contributed by atoms with Gasteiger partial charge in [0, 0.05) is 29.1 Å². The Morgan fingerprint density at radius 2 is 2.26 bits per heavy atom. The zero-order valence-electron chi connectivity index (χ0n) is 14.7. The van der Waals surface area contributed by atoms with Gasteiger partial charge in [-0.15, -0.1) is 0 Å². The highest BCUT2D eigenvalue weighted by atomic mass is 32.2. The largest absolute Gasteiger partial charge is 0.379 e. The SMILES string of the molecule is CC1OCC2(c3cc(NC(=O)c4ccccn4)ccc3F)N=C(N)SCC12. The van der Waals surface area contributed by atoms with Crippen LogP contribution in [0.25, 0.3) is 0 Å². The molecule has 3 heterocycles. The van der Waals surface area contributed by atoms with E-state index in [4.69, 9.17) is 10.5 Å². The van der Waals surface area contributed by atoms with Crippen molar-refractivity contribution in [2.75, 3.05) is 17.7 Å². The number of fused-ring (bicyclic) bond motifs is 1. The molecule has 27 heavy (non-hydrogen) atoms. The number of hydrogen-bond acceptors (Lipinski definition) is 6. The fourth-order valence-corrected chi connectivity index (χ4v) is 4.75. The van der Waals surface area contributed by atoms with Gasteiger partial charge in [0.15, 0.2) is 5.17 Å². The van der Waals surface area contributed by atoms with Crippen molar-refractivity contribution >= 4 is 28.5 Å². The Labute approximate surface area is 160 Å². The zero-order valence-corrected chi connectivity index (χ0v) is 15.5. The van der Waals surface area contributed by atoms with Crippen LogP contribution in [-0.2, 0) is 10.3 Å². The first-order chi connectivity index (χ1) is 13.0. The predicted molar refractivity (Wildman–Crippen MR) is 103 cm³/mol. The van der Waals surface area contributed by atoms with E-state index in [1.54, 1.807) is 30.5 Å². The highest BCUT2D eigenvalue weighted by molar-refractivity contribution is 8.13. The number of thioether (sulfide) groups is 1. The first-order valence-corrected chi connectivity index (χ1v) is 9.60. The summed E-state index contributed by atoms with van der Waals surface area (Å²) in [4.78, 5) is 21.0. The second kappa shape index (κ2) is 6.94. The molecule has 3 atom stereocenters. The number of amides is 1. The summed E-state index contributed by atoms with van der Waals surface area (Å²) in [6.45, 7) is 2.23. The molecule has 1 aromatic carbocycles. The van der Waals surface area contributed by atoms with E-state index in [0.29, 0.717) is 22.2 Å². The van der Waals surface area contributed by atoms with Gasteiger partial charge in [0.2, 0.25) is 0 Å². The molecule has 8 heteroatoms. The standard InChI is InChI=1S/C19H19FN4O2S/c1-11-14-9-27-18(21)24-19(14,10-26-11)13-8-12(5-6-15(13)20)23-17(25)16-4-2-3-7-22-16/h2-8,11,14H,9-10H2,1H3,(H2,21,24)(H,23,25). The molecule has 3 N–H and O–H groups in total. The molecular formula is C19H19FN4O2S. The molecule has 1 saturated heterocycles. The number of pyridine rings is 1. The highest BCUT2D eigenvalue weighted by Gasteiger charge is 2.52. The van der Waals surface area contributed by atoms with Gasteiger partial charge in [-0.1, -0.05) is 17.8 Å². The normalized spacial score (nSPS) is 27.0. The van der Waals surface area contributed by atoms with E-state index in [-0.39, 0.29) is 30.2 Å². The molecule has 0 saturated carbocycles. The van der Waals surface area contributed by atoms with E-state index < -0.39 is 11.4 Å². The number of rotatable bonds is 3. The van der Waals surface area contributed by atoms with Crippen LogP contribution >= 0.6 is 11.8 Å². The number of anilines is 1. The van der Waals surface area contributed by atoms with Gasteiger partial charge in [0.05, 0.1) is 12.7 Å². The maximum atomic E-state index is 14.8. The smallest absolute Gasteiger partial charge is 0.274 e. The summed E-state index contributed by atoms with van der Waals surface area (Å²) >= 11 is 1.46. The van der Waals surface area contributed by atoms with Gasteiger partial charge >= 0.3 is 0 Å². The molecule has 6 nitrogen and oxygen atoms in total.